The van der Waals surface area contributed by atoms with Gasteiger partial charge in [0.15, 0.2) is 0 Å². The molecular formula is C44H44Fe4N2. The summed E-state index contributed by atoms with van der Waals surface area (Å²) in [5, 5.41) is 10.4. The topological polar surface area (TPSA) is 24.1 Å². The van der Waals surface area contributed by atoms with Crippen molar-refractivity contribution in [2.45, 2.75) is 203 Å². The van der Waals surface area contributed by atoms with Crippen molar-refractivity contribution in [2.24, 2.45) is 0 Å². The van der Waals surface area contributed by atoms with Crippen molar-refractivity contribution in [1.82, 2.24) is 10.6 Å². The van der Waals surface area contributed by atoms with Crippen LogP contribution in [0.15, 0.2) is 0 Å². The fourth-order valence-corrected chi connectivity index (χ4v) is 370. The first-order valence-electron chi connectivity index (χ1n) is 24.0. The van der Waals surface area contributed by atoms with E-state index in [4.69, 9.17) is 10.6 Å². The molecule has 40 saturated heterocycles. The van der Waals surface area contributed by atoms with Gasteiger partial charge in [-0.15, -0.1) is 0 Å². The van der Waals surface area contributed by atoms with Crippen LogP contribution in [-0.4, -0.2) is 25.2 Å². The fraction of sp³-hybridized carbons (Fsp3) is 1.00. The Morgan fingerprint density at radius 2 is 0.420 bits per heavy atom. The molecule has 40 rings (SSSR count). The molecule has 0 aromatic rings. The molecule has 50 heavy (non-hydrogen) atoms. The second-order valence-corrected chi connectivity index (χ2v) is 135. The monoisotopic (exact) mass is 824 g/mol. The summed E-state index contributed by atoms with van der Waals surface area (Å²) in [5.74, 6) is 0. The van der Waals surface area contributed by atoms with Gasteiger partial charge in [0.1, 0.15) is 0 Å². The van der Waals surface area contributed by atoms with Gasteiger partial charge in [0.05, 0.1) is 0 Å². The molecule has 0 aliphatic carbocycles. The molecule has 0 radical (unpaired) electrons. The van der Waals surface area contributed by atoms with Gasteiger partial charge in [0, 0.05) is 0 Å². The number of rotatable bonds is 9. The predicted octanol–water partition coefficient (Wildman–Crippen LogP) is 11.9. The van der Waals surface area contributed by atoms with Crippen LogP contribution < -0.4 is 10.6 Å². The Morgan fingerprint density at radius 3 is 0.520 bits per heavy atom. The van der Waals surface area contributed by atoms with Gasteiger partial charge in [-0.2, -0.15) is 0 Å². The average Bonchev–Trinajstić information content (AvgIpc) is 4.09. The minimum atomic E-state index is -3.18. The van der Waals surface area contributed by atoms with Gasteiger partial charge in [-0.25, -0.2) is 0 Å². The van der Waals surface area contributed by atoms with Crippen LogP contribution in [0.4, 0.5) is 0 Å². The summed E-state index contributed by atoms with van der Waals surface area (Å²) in [6.07, 6.45) is 0. The van der Waals surface area contributed by atoms with Crippen LogP contribution >= 0.6 is 0 Å². The number of nitrogens with one attached hydrogen (secondary N) is 2. The Hall–Kier alpha value is 2.00. The zero-order chi connectivity index (χ0) is 28.0. The van der Waals surface area contributed by atoms with Gasteiger partial charge in [-0.05, 0) is 0 Å². The van der Waals surface area contributed by atoms with Gasteiger partial charge in [-0.3, -0.25) is 0 Å². The van der Waals surface area contributed by atoms with Crippen molar-refractivity contribution < 1.29 is 26.0 Å². The standard InChI is InChI=1S/C24H24N2.4C5H5.4Fe/c1-2-10-19(9-1)23(20-11-3-4-12-20)25-17-18-26-24(21-13-5-6-14-21)22-15-7-8-16-22;4*1-2-4-5-3-1;;;;/h1-16,23-26H,17-18H2;4*1-5H;;;;. The second-order valence-electron chi connectivity index (χ2n) is 40.7. The SMILES string of the molecule is C(CNC([C]12[CH]3[CH]4[CH]5[CH]1[Fe]45321678[CH]2[CH]1[CH]6[CH]7[CH]28)[C]12[CH]3[CH]4[CH]5[CH]1[Fe]45321678[CH]2[CH]1[CH]6[CH]7[CH]28)NC([C]12[CH]3[CH]4[CH]5[CH]1[Fe]45321678[CH]2[CH]1[CH]6[CH]7[CH]28)[C]12[CH]3[CH]4[CH]5[CH]1[Fe]45321678[CH]2[CH]1[CH]6[CH]7[CH]28. The summed E-state index contributed by atoms with van der Waals surface area (Å²) < 4.78 is 4.77. The first-order valence-corrected chi connectivity index (χ1v) is 49.1. The zero-order valence-electron chi connectivity index (χ0n) is 27.8. The molecule has 40 aliphatic heterocycles. The number of hydrogen-bond donors (Lipinski definition) is 2. The van der Waals surface area contributed by atoms with Crippen molar-refractivity contribution in [3.8, 4) is 0 Å². The van der Waals surface area contributed by atoms with Gasteiger partial charge in [0.2, 0.25) is 0 Å². The van der Waals surface area contributed by atoms with Crippen molar-refractivity contribution in [3.05, 3.63) is 0 Å². The van der Waals surface area contributed by atoms with Gasteiger partial charge < -0.3 is 0 Å². The van der Waals surface area contributed by atoms with Crippen LogP contribution in [0.2, 0.25) is 191 Å². The van der Waals surface area contributed by atoms with Gasteiger partial charge in [-0.1, -0.05) is 0 Å². The molecule has 0 amide bonds. The third kappa shape index (κ3) is 0.153. The van der Waals surface area contributed by atoms with E-state index in [9.17, 15) is 0 Å². The summed E-state index contributed by atoms with van der Waals surface area (Å²) in [6.45, 7) is -9.66. The van der Waals surface area contributed by atoms with Crippen molar-refractivity contribution in [1.29, 1.82) is 0 Å². The third-order valence-electron chi connectivity index (χ3n) is 61.7. The van der Waals surface area contributed by atoms with E-state index in [-0.39, 0.29) is 0 Å². The molecule has 0 bridgehead atoms. The first kappa shape index (κ1) is 16.3. The van der Waals surface area contributed by atoms with Crippen LogP contribution in [0.5, 0.6) is 0 Å². The number of fused-ring (bicyclic) bond motifs is 40. The molecule has 262 valence electrons. The predicted molar refractivity (Wildman–Crippen MR) is 169 cm³/mol. The van der Waals surface area contributed by atoms with Gasteiger partial charge >= 0.3 is 252 Å². The van der Waals surface area contributed by atoms with Crippen LogP contribution in [0.25, 0.3) is 0 Å². The van der Waals surface area contributed by atoms with Crippen LogP contribution in [0.3, 0.4) is 0 Å². The third-order valence-corrected chi connectivity index (χ3v) is 232. The molecule has 16 atom stereocenters. The quantitative estimate of drug-likeness (QED) is 0.179. The Balaban J connectivity index is 0.627. The zero-order valence-corrected chi connectivity index (χ0v) is 32.2. The second kappa shape index (κ2) is 1.21. The van der Waals surface area contributed by atoms with Crippen molar-refractivity contribution in [3.63, 3.8) is 0 Å². The molecule has 6 heteroatoms. The summed E-state index contributed by atoms with van der Waals surface area (Å²) in [7, 11) is 0. The summed E-state index contributed by atoms with van der Waals surface area (Å²) in [5.41, 5.74) is 0. The molecule has 2 N–H and O–H groups in total. The van der Waals surface area contributed by atoms with E-state index in [0.717, 1.165) is 0 Å². The van der Waals surface area contributed by atoms with Gasteiger partial charge in [0.25, 0.3) is 0 Å². The molecule has 40 fully saturated rings. The average molecular weight is 824 g/mol. The molecule has 40 heterocycles. The maximum absolute atomic E-state index is 5.21. The van der Waals surface area contributed by atoms with E-state index in [0.29, 0.717) is 0 Å². The van der Waals surface area contributed by atoms with Crippen molar-refractivity contribution >= 4 is 0 Å². The summed E-state index contributed by atoms with van der Waals surface area (Å²) in [4.78, 5) is 56.8. The van der Waals surface area contributed by atoms with Crippen LogP contribution in [0, 0.1) is 0 Å². The van der Waals surface area contributed by atoms with Crippen molar-refractivity contribution in [2.75, 3.05) is 13.1 Å². The normalized spacial score (nSPS) is 160. The molecule has 0 aromatic heterocycles. The molecule has 40 aliphatic rings. The van der Waals surface area contributed by atoms with E-state index >= 15 is 0 Å². The van der Waals surface area contributed by atoms with E-state index in [1.165, 1.54) is 42.4 Å². The van der Waals surface area contributed by atoms with E-state index < -0.39 is 26.0 Å². The molecule has 2 nitrogen and oxygen atoms in total. The molecule has 0 aromatic carbocycles. The van der Waals surface area contributed by atoms with E-state index in [1.807, 2.05) is 0 Å². The Bertz CT molecular complexity index is 3820. The van der Waals surface area contributed by atoms with E-state index in [2.05, 4.69) is 0 Å². The fourth-order valence-electron chi connectivity index (χ4n) is 70.4. The molecular weight excluding hydrogens is 780 g/mol. The Labute approximate surface area is 249 Å². The number of hydrogen-bond acceptors (Lipinski definition) is 2. The molecule has 16 unspecified atom stereocenters. The summed E-state index contributed by atoms with van der Waals surface area (Å²) in [6, 6.07) is 2.55. The Morgan fingerprint density at radius 1 is 0.260 bits per heavy atom. The molecule has 0 saturated carbocycles. The van der Waals surface area contributed by atoms with Crippen LogP contribution in [-0.2, 0) is 26.0 Å². The minimum absolute atomic E-state index is 1.19. The van der Waals surface area contributed by atoms with Crippen LogP contribution in [0.1, 0.15) is 0 Å². The molecule has 4 spiro atoms. The summed E-state index contributed by atoms with van der Waals surface area (Å²) >= 11 is 0. The first-order chi connectivity index (χ1) is 23.7. The maximum atomic E-state index is 5.21. The van der Waals surface area contributed by atoms with E-state index in [1.54, 1.807) is 173 Å². The Kier molecular flexibility index (Phi) is 0.397.